The molecule has 2 aromatic heterocycles. The quantitative estimate of drug-likeness (QED) is 0.757. The molecule has 0 saturated carbocycles. The second-order valence-electron chi connectivity index (χ2n) is 5.24. The van der Waals surface area contributed by atoms with E-state index in [0.717, 1.165) is 48.6 Å². The number of anilines is 1. The standard InChI is InChI=1S/C14H17ClN4OS/c1-9-8-11-12(16-14(15)17-13(11)21-9)19-5-3-4-18(6-7-19)10(2)20/h8H,3-7H2,1-2H3. The van der Waals surface area contributed by atoms with Crippen LogP contribution in [-0.4, -0.2) is 47.0 Å². The van der Waals surface area contributed by atoms with Gasteiger partial charge in [-0.2, -0.15) is 4.98 Å². The van der Waals surface area contributed by atoms with E-state index < -0.39 is 0 Å². The first-order valence-corrected chi connectivity index (χ1v) is 8.18. The Bertz CT molecular complexity index is 687. The Labute approximate surface area is 132 Å². The summed E-state index contributed by atoms with van der Waals surface area (Å²) < 4.78 is 0. The van der Waals surface area contributed by atoms with E-state index in [4.69, 9.17) is 11.6 Å². The zero-order chi connectivity index (χ0) is 15.0. The summed E-state index contributed by atoms with van der Waals surface area (Å²) >= 11 is 7.69. The minimum absolute atomic E-state index is 0.133. The number of aromatic nitrogens is 2. The lowest BCUT2D eigenvalue weighted by Crippen LogP contribution is -2.33. The molecule has 3 rings (SSSR count). The molecular weight excluding hydrogens is 308 g/mol. The predicted octanol–water partition coefficient (Wildman–Crippen LogP) is 2.71. The van der Waals surface area contributed by atoms with Gasteiger partial charge in [-0.25, -0.2) is 4.98 Å². The van der Waals surface area contributed by atoms with Crippen molar-refractivity contribution < 1.29 is 4.79 Å². The molecule has 0 spiro atoms. The molecule has 1 amide bonds. The molecule has 0 N–H and O–H groups in total. The van der Waals surface area contributed by atoms with Crippen molar-refractivity contribution in [1.29, 1.82) is 0 Å². The van der Waals surface area contributed by atoms with Crippen molar-refractivity contribution in [2.75, 3.05) is 31.1 Å². The van der Waals surface area contributed by atoms with Crippen molar-refractivity contribution in [3.8, 4) is 0 Å². The molecule has 0 unspecified atom stereocenters. The van der Waals surface area contributed by atoms with Crippen LogP contribution in [-0.2, 0) is 4.79 Å². The molecular formula is C14H17ClN4OS. The van der Waals surface area contributed by atoms with Gasteiger partial charge in [0, 0.05) is 38.0 Å². The summed E-state index contributed by atoms with van der Waals surface area (Å²) in [5, 5.41) is 1.34. The number of nitrogens with zero attached hydrogens (tertiary/aromatic N) is 4. The second-order valence-corrected chi connectivity index (χ2v) is 6.81. The van der Waals surface area contributed by atoms with Crippen LogP contribution in [0.5, 0.6) is 0 Å². The lowest BCUT2D eigenvalue weighted by Gasteiger charge is -2.22. The molecule has 2 aromatic rings. The molecule has 1 aliphatic heterocycles. The summed E-state index contributed by atoms with van der Waals surface area (Å²) in [4.78, 5) is 26.5. The highest BCUT2D eigenvalue weighted by Gasteiger charge is 2.20. The molecule has 3 heterocycles. The first kappa shape index (κ1) is 14.5. The zero-order valence-electron chi connectivity index (χ0n) is 12.1. The Kier molecular flexibility index (Phi) is 3.99. The smallest absolute Gasteiger partial charge is 0.225 e. The third-order valence-electron chi connectivity index (χ3n) is 3.71. The van der Waals surface area contributed by atoms with E-state index >= 15 is 0 Å². The molecule has 0 aromatic carbocycles. The maximum Gasteiger partial charge on any atom is 0.225 e. The molecule has 112 valence electrons. The third-order valence-corrected chi connectivity index (χ3v) is 4.82. The predicted molar refractivity (Wildman–Crippen MR) is 86.2 cm³/mol. The van der Waals surface area contributed by atoms with Crippen molar-refractivity contribution in [2.24, 2.45) is 0 Å². The number of hydrogen-bond donors (Lipinski definition) is 0. The van der Waals surface area contributed by atoms with Crippen LogP contribution in [0, 0.1) is 6.92 Å². The number of carbonyl (C=O) groups is 1. The van der Waals surface area contributed by atoms with E-state index in [1.54, 1.807) is 18.3 Å². The summed E-state index contributed by atoms with van der Waals surface area (Å²) in [6, 6.07) is 2.11. The van der Waals surface area contributed by atoms with E-state index in [-0.39, 0.29) is 11.2 Å². The van der Waals surface area contributed by atoms with Gasteiger partial charge in [0.05, 0.1) is 5.39 Å². The van der Waals surface area contributed by atoms with Gasteiger partial charge >= 0.3 is 0 Å². The molecule has 1 fully saturated rings. The maximum absolute atomic E-state index is 11.5. The van der Waals surface area contributed by atoms with E-state index in [2.05, 4.69) is 27.9 Å². The number of fused-ring (bicyclic) bond motifs is 1. The number of aryl methyl sites for hydroxylation is 1. The van der Waals surface area contributed by atoms with Crippen molar-refractivity contribution >= 4 is 44.9 Å². The molecule has 0 bridgehead atoms. The van der Waals surface area contributed by atoms with Crippen LogP contribution >= 0.6 is 22.9 Å². The molecule has 1 saturated heterocycles. The van der Waals surface area contributed by atoms with Gasteiger partial charge in [-0.1, -0.05) is 0 Å². The van der Waals surface area contributed by atoms with Crippen LogP contribution in [0.1, 0.15) is 18.2 Å². The molecule has 1 aliphatic rings. The summed E-state index contributed by atoms with van der Waals surface area (Å²) in [7, 11) is 0. The number of hydrogen-bond acceptors (Lipinski definition) is 5. The Morgan fingerprint density at radius 1 is 1.29 bits per heavy atom. The first-order chi connectivity index (χ1) is 10.0. The van der Waals surface area contributed by atoms with Gasteiger partial charge in [-0.05, 0) is 31.0 Å². The average Bonchev–Trinajstić information content (AvgIpc) is 2.65. The topological polar surface area (TPSA) is 49.3 Å². The lowest BCUT2D eigenvalue weighted by molar-refractivity contribution is -0.128. The minimum atomic E-state index is 0.133. The van der Waals surface area contributed by atoms with Crippen LogP contribution in [0.3, 0.4) is 0 Å². The van der Waals surface area contributed by atoms with E-state index in [1.807, 2.05) is 4.90 Å². The van der Waals surface area contributed by atoms with E-state index in [1.165, 1.54) is 4.88 Å². The first-order valence-electron chi connectivity index (χ1n) is 6.99. The fourth-order valence-corrected chi connectivity index (χ4v) is 3.78. The summed E-state index contributed by atoms with van der Waals surface area (Å²) in [6.07, 6.45) is 0.936. The summed E-state index contributed by atoms with van der Waals surface area (Å²) in [5.74, 6) is 1.02. The SMILES string of the molecule is CC(=O)N1CCCN(c2nc(Cl)nc3sc(C)cc23)CC1. The fraction of sp³-hybridized carbons (Fsp3) is 0.500. The van der Waals surface area contributed by atoms with Gasteiger partial charge in [0.2, 0.25) is 11.2 Å². The normalized spacial score (nSPS) is 16.3. The summed E-state index contributed by atoms with van der Waals surface area (Å²) in [5.41, 5.74) is 0. The fourth-order valence-electron chi connectivity index (χ4n) is 2.69. The van der Waals surface area contributed by atoms with Gasteiger partial charge < -0.3 is 9.80 Å². The van der Waals surface area contributed by atoms with Gasteiger partial charge in [0.15, 0.2) is 0 Å². The van der Waals surface area contributed by atoms with Crippen LogP contribution in [0.25, 0.3) is 10.2 Å². The van der Waals surface area contributed by atoms with Gasteiger partial charge in [0.25, 0.3) is 0 Å². The van der Waals surface area contributed by atoms with E-state index in [0.29, 0.717) is 0 Å². The second kappa shape index (κ2) is 5.77. The van der Waals surface area contributed by atoms with Gasteiger partial charge in [-0.3, -0.25) is 4.79 Å². The van der Waals surface area contributed by atoms with Crippen LogP contribution in [0.15, 0.2) is 6.07 Å². The molecule has 5 nitrogen and oxygen atoms in total. The van der Waals surface area contributed by atoms with E-state index in [9.17, 15) is 4.79 Å². The molecule has 0 radical (unpaired) electrons. The monoisotopic (exact) mass is 324 g/mol. The number of carbonyl (C=O) groups excluding carboxylic acids is 1. The highest BCUT2D eigenvalue weighted by molar-refractivity contribution is 7.18. The lowest BCUT2D eigenvalue weighted by atomic mass is 10.3. The van der Waals surface area contributed by atoms with Gasteiger partial charge in [0.1, 0.15) is 10.6 Å². The van der Waals surface area contributed by atoms with Crippen LogP contribution in [0.4, 0.5) is 5.82 Å². The zero-order valence-corrected chi connectivity index (χ0v) is 13.7. The van der Waals surface area contributed by atoms with Crippen molar-refractivity contribution in [2.45, 2.75) is 20.3 Å². The van der Waals surface area contributed by atoms with Crippen molar-refractivity contribution in [3.63, 3.8) is 0 Å². The molecule has 7 heteroatoms. The Hall–Kier alpha value is -1.40. The van der Waals surface area contributed by atoms with Crippen LogP contribution < -0.4 is 4.90 Å². The number of rotatable bonds is 1. The average molecular weight is 325 g/mol. The van der Waals surface area contributed by atoms with Crippen molar-refractivity contribution in [1.82, 2.24) is 14.9 Å². The highest BCUT2D eigenvalue weighted by Crippen LogP contribution is 2.32. The van der Waals surface area contributed by atoms with Gasteiger partial charge in [-0.15, -0.1) is 11.3 Å². The summed E-state index contributed by atoms with van der Waals surface area (Å²) in [6.45, 7) is 6.86. The Morgan fingerprint density at radius 2 is 2.10 bits per heavy atom. The molecule has 0 aliphatic carbocycles. The molecule has 0 atom stereocenters. The number of thiophene rings is 1. The third kappa shape index (κ3) is 2.96. The minimum Gasteiger partial charge on any atom is -0.354 e. The number of halogens is 1. The molecule has 21 heavy (non-hydrogen) atoms. The highest BCUT2D eigenvalue weighted by atomic mass is 35.5. The Morgan fingerprint density at radius 3 is 2.86 bits per heavy atom. The largest absolute Gasteiger partial charge is 0.354 e. The van der Waals surface area contributed by atoms with Crippen molar-refractivity contribution in [3.05, 3.63) is 16.2 Å². The number of amides is 1. The Balaban J connectivity index is 1.94. The van der Waals surface area contributed by atoms with Crippen LogP contribution in [0.2, 0.25) is 5.28 Å². The maximum atomic E-state index is 11.5.